The zero-order chi connectivity index (χ0) is 19.1. The SMILES string of the molecule is CCC(=O)c1ccc(OCC(=O)NC(c2ccc(F)cc2)C(C)C)cc1. The molecule has 0 aliphatic rings. The summed E-state index contributed by atoms with van der Waals surface area (Å²) in [6.45, 7) is 5.64. The third-order valence-corrected chi connectivity index (χ3v) is 4.08. The smallest absolute Gasteiger partial charge is 0.258 e. The molecule has 2 aromatic rings. The summed E-state index contributed by atoms with van der Waals surface area (Å²) in [6.07, 6.45) is 0.447. The Labute approximate surface area is 153 Å². The molecule has 0 bridgehead atoms. The molecule has 26 heavy (non-hydrogen) atoms. The van der Waals surface area contributed by atoms with E-state index >= 15 is 0 Å². The minimum absolute atomic E-state index is 0.0633. The third kappa shape index (κ3) is 5.41. The number of carbonyl (C=O) groups excluding carboxylic acids is 2. The number of amides is 1. The highest BCUT2D eigenvalue weighted by Gasteiger charge is 2.18. The van der Waals surface area contributed by atoms with Crippen LogP contribution in [0.5, 0.6) is 5.75 Å². The summed E-state index contributed by atoms with van der Waals surface area (Å²) in [5, 5.41) is 2.92. The maximum Gasteiger partial charge on any atom is 0.258 e. The summed E-state index contributed by atoms with van der Waals surface area (Å²) in [7, 11) is 0. The van der Waals surface area contributed by atoms with Crippen LogP contribution < -0.4 is 10.1 Å². The average Bonchev–Trinajstić information content (AvgIpc) is 2.65. The Morgan fingerprint density at radius 2 is 1.65 bits per heavy atom. The number of hydrogen-bond acceptors (Lipinski definition) is 3. The second kappa shape index (κ2) is 9.13. The molecule has 0 saturated carbocycles. The van der Waals surface area contributed by atoms with Gasteiger partial charge in [-0.15, -0.1) is 0 Å². The zero-order valence-corrected chi connectivity index (χ0v) is 15.3. The zero-order valence-electron chi connectivity index (χ0n) is 15.3. The van der Waals surface area contributed by atoms with Gasteiger partial charge >= 0.3 is 0 Å². The number of nitrogens with one attached hydrogen (secondary N) is 1. The number of halogens is 1. The lowest BCUT2D eigenvalue weighted by Gasteiger charge is -2.23. The molecule has 1 atom stereocenters. The molecule has 138 valence electrons. The van der Waals surface area contributed by atoms with Crippen molar-refractivity contribution in [2.75, 3.05) is 6.61 Å². The molecule has 5 heteroatoms. The number of carbonyl (C=O) groups is 2. The molecular weight excluding hydrogens is 333 g/mol. The maximum absolute atomic E-state index is 13.1. The molecule has 0 heterocycles. The van der Waals surface area contributed by atoms with Gasteiger partial charge in [-0.2, -0.15) is 0 Å². The molecule has 2 aromatic carbocycles. The molecule has 0 fully saturated rings. The standard InChI is InChI=1S/C21H24FNO3/c1-4-19(24)15-7-11-18(12-8-15)26-13-20(25)23-21(14(2)3)16-5-9-17(22)10-6-16/h5-12,14,21H,4,13H2,1-3H3,(H,23,25). The largest absolute Gasteiger partial charge is 0.484 e. The lowest BCUT2D eigenvalue weighted by atomic mass is 9.96. The Morgan fingerprint density at radius 1 is 1.04 bits per heavy atom. The summed E-state index contributed by atoms with van der Waals surface area (Å²) in [5.41, 5.74) is 1.47. The number of hydrogen-bond donors (Lipinski definition) is 1. The Balaban J connectivity index is 1.94. The summed E-state index contributed by atoms with van der Waals surface area (Å²) in [6, 6.07) is 12.6. The monoisotopic (exact) mass is 357 g/mol. The van der Waals surface area contributed by atoms with E-state index in [1.54, 1.807) is 36.4 Å². The second-order valence-electron chi connectivity index (χ2n) is 6.43. The molecule has 0 aliphatic carbocycles. The quantitative estimate of drug-likeness (QED) is 0.716. The number of ether oxygens (including phenoxy) is 1. The lowest BCUT2D eigenvalue weighted by Crippen LogP contribution is -2.35. The third-order valence-electron chi connectivity index (χ3n) is 4.08. The fourth-order valence-corrected chi connectivity index (χ4v) is 2.61. The number of rotatable bonds is 8. The first-order valence-electron chi connectivity index (χ1n) is 8.71. The minimum Gasteiger partial charge on any atom is -0.484 e. The maximum atomic E-state index is 13.1. The highest BCUT2D eigenvalue weighted by atomic mass is 19.1. The number of Topliss-reactive ketones (excluding diaryl/α,β-unsaturated/α-hetero) is 1. The molecule has 0 aromatic heterocycles. The van der Waals surface area contributed by atoms with Crippen molar-refractivity contribution in [2.45, 2.75) is 33.2 Å². The first kappa shape index (κ1) is 19.6. The fraction of sp³-hybridized carbons (Fsp3) is 0.333. The van der Waals surface area contributed by atoms with Crippen LogP contribution in [0.2, 0.25) is 0 Å². The van der Waals surface area contributed by atoms with Crippen LogP contribution in [0.1, 0.15) is 49.2 Å². The molecule has 0 spiro atoms. The van der Waals surface area contributed by atoms with E-state index in [0.29, 0.717) is 17.7 Å². The van der Waals surface area contributed by atoms with Gasteiger partial charge in [-0.1, -0.05) is 32.9 Å². The van der Waals surface area contributed by atoms with Crippen LogP contribution in [0.15, 0.2) is 48.5 Å². The molecule has 0 aliphatic heterocycles. The van der Waals surface area contributed by atoms with Crippen LogP contribution in [-0.2, 0) is 4.79 Å². The van der Waals surface area contributed by atoms with E-state index in [-0.39, 0.29) is 36.1 Å². The molecular formula is C21H24FNO3. The van der Waals surface area contributed by atoms with Gasteiger partial charge in [0.25, 0.3) is 5.91 Å². The van der Waals surface area contributed by atoms with Gasteiger partial charge < -0.3 is 10.1 Å². The van der Waals surface area contributed by atoms with Crippen molar-refractivity contribution in [3.8, 4) is 5.75 Å². The molecule has 2 rings (SSSR count). The highest BCUT2D eigenvalue weighted by molar-refractivity contribution is 5.95. The Bertz CT molecular complexity index is 739. The van der Waals surface area contributed by atoms with Gasteiger partial charge in [0.05, 0.1) is 6.04 Å². The van der Waals surface area contributed by atoms with E-state index in [2.05, 4.69) is 5.32 Å². The summed E-state index contributed by atoms with van der Waals surface area (Å²) >= 11 is 0. The molecule has 1 unspecified atom stereocenters. The van der Waals surface area contributed by atoms with Gasteiger partial charge in [-0.25, -0.2) is 4.39 Å². The molecule has 4 nitrogen and oxygen atoms in total. The fourth-order valence-electron chi connectivity index (χ4n) is 2.61. The van der Waals surface area contributed by atoms with Crippen LogP contribution in [-0.4, -0.2) is 18.3 Å². The van der Waals surface area contributed by atoms with Crippen molar-refractivity contribution in [3.05, 3.63) is 65.5 Å². The van der Waals surface area contributed by atoms with Crippen LogP contribution in [0.3, 0.4) is 0 Å². The van der Waals surface area contributed by atoms with Crippen molar-refractivity contribution in [1.82, 2.24) is 5.32 Å². The van der Waals surface area contributed by atoms with E-state index in [9.17, 15) is 14.0 Å². The van der Waals surface area contributed by atoms with E-state index in [4.69, 9.17) is 4.74 Å². The Morgan fingerprint density at radius 3 is 2.19 bits per heavy atom. The summed E-state index contributed by atoms with van der Waals surface area (Å²) in [4.78, 5) is 23.8. The van der Waals surface area contributed by atoms with Crippen molar-refractivity contribution in [2.24, 2.45) is 5.92 Å². The van der Waals surface area contributed by atoms with Gasteiger partial charge in [-0.3, -0.25) is 9.59 Å². The number of ketones is 1. The summed E-state index contributed by atoms with van der Waals surface area (Å²) < 4.78 is 18.6. The van der Waals surface area contributed by atoms with Crippen LogP contribution in [0.4, 0.5) is 4.39 Å². The first-order valence-corrected chi connectivity index (χ1v) is 8.71. The highest BCUT2D eigenvalue weighted by Crippen LogP contribution is 2.22. The van der Waals surface area contributed by atoms with E-state index in [1.165, 1.54) is 12.1 Å². The van der Waals surface area contributed by atoms with E-state index in [0.717, 1.165) is 5.56 Å². The topological polar surface area (TPSA) is 55.4 Å². The predicted octanol–water partition coefficient (Wildman–Crippen LogP) is 4.31. The molecule has 1 amide bonds. The van der Waals surface area contributed by atoms with E-state index in [1.807, 2.05) is 20.8 Å². The van der Waals surface area contributed by atoms with Crippen LogP contribution in [0, 0.1) is 11.7 Å². The molecule has 0 saturated heterocycles. The van der Waals surface area contributed by atoms with Crippen molar-refractivity contribution < 1.29 is 18.7 Å². The first-order chi connectivity index (χ1) is 12.4. The van der Waals surface area contributed by atoms with Gasteiger partial charge in [0.1, 0.15) is 11.6 Å². The lowest BCUT2D eigenvalue weighted by molar-refractivity contribution is -0.124. The second-order valence-corrected chi connectivity index (χ2v) is 6.43. The number of benzene rings is 2. The van der Waals surface area contributed by atoms with Gasteiger partial charge in [0.15, 0.2) is 12.4 Å². The van der Waals surface area contributed by atoms with Gasteiger partial charge in [0, 0.05) is 12.0 Å². The molecule has 1 N–H and O–H groups in total. The average molecular weight is 357 g/mol. The van der Waals surface area contributed by atoms with Crippen molar-refractivity contribution in [3.63, 3.8) is 0 Å². The summed E-state index contributed by atoms with van der Waals surface area (Å²) in [5.74, 6) is 0.158. The van der Waals surface area contributed by atoms with Crippen LogP contribution in [0.25, 0.3) is 0 Å². The van der Waals surface area contributed by atoms with Crippen molar-refractivity contribution in [1.29, 1.82) is 0 Å². The Hall–Kier alpha value is -2.69. The van der Waals surface area contributed by atoms with Gasteiger partial charge in [-0.05, 0) is 47.9 Å². The predicted molar refractivity (Wildman–Crippen MR) is 98.7 cm³/mol. The minimum atomic E-state index is -0.309. The normalized spacial score (nSPS) is 11.9. The van der Waals surface area contributed by atoms with Crippen LogP contribution >= 0.6 is 0 Å². The Kier molecular flexibility index (Phi) is 6.89. The van der Waals surface area contributed by atoms with E-state index < -0.39 is 0 Å². The molecule has 0 radical (unpaired) electrons. The van der Waals surface area contributed by atoms with Crippen molar-refractivity contribution >= 4 is 11.7 Å². The van der Waals surface area contributed by atoms with Gasteiger partial charge in [0.2, 0.25) is 0 Å².